The van der Waals surface area contributed by atoms with Crippen molar-refractivity contribution in [3.05, 3.63) is 11.8 Å². The molecule has 0 aliphatic heterocycles. The number of carbonyl (C=O) groups is 1. The van der Waals surface area contributed by atoms with E-state index in [9.17, 15) is 4.79 Å². The van der Waals surface area contributed by atoms with Gasteiger partial charge in [-0.05, 0) is 6.92 Å². The SMILES string of the molecule is CCOC(=O)C(C)[n+]1cc(=N)o[n-]1. The lowest BCUT2D eigenvalue weighted by molar-refractivity contribution is -0.776. The van der Waals surface area contributed by atoms with Crippen molar-refractivity contribution in [1.82, 2.24) is 5.27 Å². The number of nitrogens with one attached hydrogen (secondary N) is 1. The molecule has 0 aliphatic carbocycles. The van der Waals surface area contributed by atoms with Crippen LogP contribution >= 0.6 is 0 Å². The first-order valence-electron chi connectivity index (χ1n) is 3.91. The second-order valence-electron chi connectivity index (χ2n) is 2.47. The van der Waals surface area contributed by atoms with E-state index in [1.54, 1.807) is 13.8 Å². The molecule has 1 atom stereocenters. The first-order chi connectivity index (χ1) is 6.15. The number of ether oxygens (including phenoxy) is 1. The second-order valence-corrected chi connectivity index (χ2v) is 2.47. The molecule has 0 aromatic carbocycles. The molecule has 1 heterocycles. The van der Waals surface area contributed by atoms with Crippen LogP contribution in [0.15, 0.2) is 10.7 Å². The van der Waals surface area contributed by atoms with Gasteiger partial charge in [0.05, 0.1) is 6.61 Å². The summed E-state index contributed by atoms with van der Waals surface area (Å²) in [6, 6.07) is -0.553. The van der Waals surface area contributed by atoms with Crippen molar-refractivity contribution in [2.45, 2.75) is 19.9 Å². The molecular formula is C7H11N3O3. The van der Waals surface area contributed by atoms with Crippen molar-refractivity contribution in [2.24, 2.45) is 0 Å². The molecule has 0 saturated heterocycles. The molecule has 72 valence electrons. The van der Waals surface area contributed by atoms with Crippen molar-refractivity contribution in [2.75, 3.05) is 6.61 Å². The van der Waals surface area contributed by atoms with Gasteiger partial charge < -0.3 is 9.26 Å². The fourth-order valence-corrected chi connectivity index (χ4v) is 0.812. The maximum atomic E-state index is 11.2. The summed E-state index contributed by atoms with van der Waals surface area (Å²) in [7, 11) is 0. The Balaban J connectivity index is 2.73. The van der Waals surface area contributed by atoms with Crippen LogP contribution in [0.2, 0.25) is 0 Å². The number of carbonyl (C=O) groups excluding carboxylic acids is 1. The van der Waals surface area contributed by atoms with Crippen LogP contribution in [0, 0.1) is 5.41 Å². The molecule has 0 bridgehead atoms. The highest BCUT2D eigenvalue weighted by atomic mass is 16.5. The largest absolute Gasteiger partial charge is 0.487 e. The van der Waals surface area contributed by atoms with Gasteiger partial charge in [-0.1, -0.05) is 0 Å². The lowest BCUT2D eigenvalue weighted by atomic mass is 10.3. The van der Waals surface area contributed by atoms with Crippen LogP contribution < -0.4 is 15.5 Å². The lowest BCUT2D eigenvalue weighted by Crippen LogP contribution is -2.45. The topological polar surface area (TPSA) is 81.3 Å². The summed E-state index contributed by atoms with van der Waals surface area (Å²) in [5.74, 6) is -0.388. The third-order valence-electron chi connectivity index (χ3n) is 1.51. The van der Waals surface area contributed by atoms with Gasteiger partial charge in [-0.25, -0.2) is 9.48 Å². The van der Waals surface area contributed by atoms with Gasteiger partial charge in [0.2, 0.25) is 12.2 Å². The fourth-order valence-electron chi connectivity index (χ4n) is 0.812. The molecule has 1 unspecified atom stereocenters. The molecule has 0 fully saturated rings. The zero-order valence-electron chi connectivity index (χ0n) is 7.48. The molecule has 0 aliphatic rings. The molecule has 1 N–H and O–H groups in total. The maximum absolute atomic E-state index is 11.2. The van der Waals surface area contributed by atoms with Gasteiger partial charge in [-0.15, -0.1) is 0 Å². The minimum atomic E-state index is -0.553. The number of nitrogens with zero attached hydrogens (tertiary/aromatic N) is 2. The normalized spacial score (nSPS) is 12.5. The number of aromatic nitrogens is 2. The van der Waals surface area contributed by atoms with Crippen molar-refractivity contribution in [1.29, 1.82) is 5.41 Å². The number of esters is 1. The Morgan fingerprint density at radius 1 is 1.92 bits per heavy atom. The Bertz CT molecular complexity index is 341. The fraction of sp³-hybridized carbons (Fsp3) is 0.571. The third-order valence-corrected chi connectivity index (χ3v) is 1.51. The van der Waals surface area contributed by atoms with Crippen LogP contribution in [0.1, 0.15) is 19.9 Å². The van der Waals surface area contributed by atoms with Gasteiger partial charge >= 0.3 is 5.97 Å². The van der Waals surface area contributed by atoms with E-state index in [-0.39, 0.29) is 11.5 Å². The van der Waals surface area contributed by atoms with Crippen molar-refractivity contribution >= 4 is 5.97 Å². The average molecular weight is 185 g/mol. The number of rotatable bonds is 3. The quantitative estimate of drug-likeness (QED) is 0.490. The Morgan fingerprint density at radius 3 is 3.08 bits per heavy atom. The molecule has 1 aromatic heterocycles. The summed E-state index contributed by atoms with van der Waals surface area (Å²) in [5, 5.41) is 10.5. The van der Waals surface area contributed by atoms with Gasteiger partial charge in [0.25, 0.3) is 5.55 Å². The average Bonchev–Trinajstić information content (AvgIpc) is 2.51. The second kappa shape index (κ2) is 3.88. The Kier molecular flexibility index (Phi) is 2.84. The van der Waals surface area contributed by atoms with E-state index >= 15 is 0 Å². The number of hydrogen-bond donors (Lipinski definition) is 1. The predicted molar refractivity (Wildman–Crippen MR) is 39.4 cm³/mol. The van der Waals surface area contributed by atoms with Gasteiger partial charge in [0.15, 0.2) is 0 Å². The Labute approximate surface area is 74.6 Å². The van der Waals surface area contributed by atoms with E-state index in [1.807, 2.05) is 0 Å². The first-order valence-corrected chi connectivity index (χ1v) is 3.91. The summed E-state index contributed by atoms with van der Waals surface area (Å²) >= 11 is 0. The zero-order chi connectivity index (χ0) is 9.84. The van der Waals surface area contributed by atoms with E-state index < -0.39 is 6.04 Å². The number of hydrogen-bond acceptors (Lipinski definition) is 4. The van der Waals surface area contributed by atoms with Crippen LogP contribution in [0.3, 0.4) is 0 Å². The predicted octanol–water partition coefficient (Wildman–Crippen LogP) is -0.872. The third kappa shape index (κ3) is 2.17. The van der Waals surface area contributed by atoms with Crippen LogP contribution in [-0.4, -0.2) is 12.6 Å². The van der Waals surface area contributed by atoms with Crippen LogP contribution in [0.25, 0.3) is 0 Å². The van der Waals surface area contributed by atoms with Crippen molar-refractivity contribution < 1.29 is 18.7 Å². The molecule has 1 aromatic rings. The van der Waals surface area contributed by atoms with Crippen LogP contribution in [0.4, 0.5) is 0 Å². The van der Waals surface area contributed by atoms with Gasteiger partial charge in [0, 0.05) is 6.92 Å². The van der Waals surface area contributed by atoms with E-state index in [4.69, 9.17) is 10.1 Å². The Hall–Kier alpha value is -1.59. The highest BCUT2D eigenvalue weighted by Crippen LogP contribution is 1.94. The van der Waals surface area contributed by atoms with Gasteiger partial charge in [-0.2, -0.15) is 0 Å². The molecule has 0 amide bonds. The summed E-state index contributed by atoms with van der Waals surface area (Å²) in [6.45, 7) is 3.68. The minimum absolute atomic E-state index is 0.0869. The first kappa shape index (κ1) is 9.50. The summed E-state index contributed by atoms with van der Waals surface area (Å²) in [4.78, 5) is 11.2. The molecule has 0 saturated carbocycles. The van der Waals surface area contributed by atoms with Gasteiger partial charge in [-0.3, -0.25) is 10.7 Å². The smallest absolute Gasteiger partial charge is 0.374 e. The van der Waals surface area contributed by atoms with E-state index in [0.717, 1.165) is 0 Å². The van der Waals surface area contributed by atoms with Crippen molar-refractivity contribution in [3.8, 4) is 0 Å². The lowest BCUT2D eigenvalue weighted by Gasteiger charge is -2.06. The highest BCUT2D eigenvalue weighted by molar-refractivity contribution is 5.71. The molecular weight excluding hydrogens is 174 g/mol. The van der Waals surface area contributed by atoms with E-state index in [0.29, 0.717) is 6.61 Å². The van der Waals surface area contributed by atoms with E-state index in [1.165, 1.54) is 10.9 Å². The summed E-state index contributed by atoms with van der Waals surface area (Å²) in [5.41, 5.74) is -0.0869. The molecule has 0 radical (unpaired) electrons. The molecule has 0 spiro atoms. The van der Waals surface area contributed by atoms with Crippen LogP contribution in [-0.2, 0) is 9.53 Å². The minimum Gasteiger partial charge on any atom is -0.487 e. The highest BCUT2D eigenvalue weighted by Gasteiger charge is 2.20. The summed E-state index contributed by atoms with van der Waals surface area (Å²) < 4.78 is 10.5. The van der Waals surface area contributed by atoms with Crippen LogP contribution in [0.5, 0.6) is 0 Å². The molecule has 6 nitrogen and oxygen atoms in total. The monoisotopic (exact) mass is 185 g/mol. The standard InChI is InChI=1S/C7H11N3O3/c1-3-12-7(11)5(2)10-4-6(8)13-9-10/h4-5,8H,3H2,1-2H3. The summed E-state index contributed by atoms with van der Waals surface area (Å²) in [6.07, 6.45) is 1.32. The zero-order valence-corrected chi connectivity index (χ0v) is 7.48. The Morgan fingerprint density at radius 2 is 2.62 bits per heavy atom. The van der Waals surface area contributed by atoms with Crippen molar-refractivity contribution in [3.63, 3.8) is 0 Å². The molecule has 6 heteroatoms. The molecule has 13 heavy (non-hydrogen) atoms. The van der Waals surface area contributed by atoms with Gasteiger partial charge in [0.1, 0.15) is 0 Å². The maximum Gasteiger partial charge on any atom is 0.374 e. The molecule has 1 rings (SSSR count). The van der Waals surface area contributed by atoms with E-state index in [2.05, 4.69) is 9.79 Å².